The van der Waals surface area contributed by atoms with E-state index in [1.54, 1.807) is 17.4 Å². The molecule has 0 spiro atoms. The number of rotatable bonds is 5. The predicted molar refractivity (Wildman–Crippen MR) is 83.7 cm³/mol. The van der Waals surface area contributed by atoms with Gasteiger partial charge in [0.15, 0.2) is 0 Å². The van der Waals surface area contributed by atoms with Crippen LogP contribution in [0.25, 0.3) is 0 Å². The molecule has 0 aliphatic heterocycles. The monoisotopic (exact) mass is 292 g/mol. The molecular weight excluding hydrogens is 276 g/mol. The lowest BCUT2D eigenvalue weighted by atomic mass is 10.2. The van der Waals surface area contributed by atoms with Gasteiger partial charge < -0.3 is 11.1 Å². The fourth-order valence-electron chi connectivity index (χ4n) is 1.77. The molecule has 3 N–H and O–H groups in total. The molecule has 4 nitrogen and oxygen atoms in total. The van der Waals surface area contributed by atoms with E-state index in [0.29, 0.717) is 16.6 Å². The third-order valence-electron chi connectivity index (χ3n) is 2.73. The lowest BCUT2D eigenvalue weighted by Gasteiger charge is -2.07. The predicted octanol–water partition coefficient (Wildman–Crippen LogP) is 2.66. The molecule has 2 aromatic rings. The van der Waals surface area contributed by atoms with Crippen molar-refractivity contribution in [2.24, 2.45) is 5.73 Å². The minimum atomic E-state index is 0.291. The first-order valence-electron chi connectivity index (χ1n) is 6.04. The molecule has 2 aromatic heterocycles. The largest absolute Gasteiger partial charge is 0.388 e. The molecule has 0 unspecified atom stereocenters. The van der Waals surface area contributed by atoms with E-state index in [1.165, 1.54) is 10.4 Å². The SMILES string of the molecule is CCc1ccsc1CNc1nc(C)cc(C(N)=S)n1. The summed E-state index contributed by atoms with van der Waals surface area (Å²) in [6.45, 7) is 4.78. The number of nitrogens with two attached hydrogens (primary N) is 1. The van der Waals surface area contributed by atoms with E-state index >= 15 is 0 Å². The topological polar surface area (TPSA) is 63.8 Å². The van der Waals surface area contributed by atoms with Crippen molar-refractivity contribution in [1.82, 2.24) is 9.97 Å². The zero-order chi connectivity index (χ0) is 13.8. The Morgan fingerprint density at radius 3 is 2.95 bits per heavy atom. The van der Waals surface area contributed by atoms with E-state index in [-0.39, 0.29) is 0 Å². The van der Waals surface area contributed by atoms with E-state index in [4.69, 9.17) is 18.0 Å². The highest BCUT2D eigenvalue weighted by Gasteiger charge is 2.06. The minimum Gasteiger partial charge on any atom is -0.388 e. The molecule has 0 amide bonds. The standard InChI is InChI=1S/C13H16N4S2/c1-3-9-4-5-19-11(9)7-15-13-16-8(2)6-10(17-13)12(14)18/h4-6H,3,7H2,1-2H3,(H2,14,18)(H,15,16,17). The van der Waals surface area contributed by atoms with Crippen LogP contribution in [0.2, 0.25) is 0 Å². The summed E-state index contributed by atoms with van der Waals surface area (Å²) in [5.41, 5.74) is 8.42. The summed E-state index contributed by atoms with van der Waals surface area (Å²) >= 11 is 6.69. The Morgan fingerprint density at radius 1 is 1.47 bits per heavy atom. The van der Waals surface area contributed by atoms with Gasteiger partial charge in [-0.05, 0) is 36.4 Å². The van der Waals surface area contributed by atoms with Crippen LogP contribution in [-0.2, 0) is 13.0 Å². The highest BCUT2D eigenvalue weighted by molar-refractivity contribution is 7.80. The van der Waals surface area contributed by atoms with Crippen LogP contribution in [0.15, 0.2) is 17.5 Å². The third-order valence-corrected chi connectivity index (χ3v) is 3.90. The summed E-state index contributed by atoms with van der Waals surface area (Å²) in [5.74, 6) is 0.568. The molecule has 0 atom stereocenters. The maximum atomic E-state index is 5.60. The molecule has 0 aliphatic rings. The van der Waals surface area contributed by atoms with E-state index < -0.39 is 0 Å². The smallest absolute Gasteiger partial charge is 0.223 e. The zero-order valence-electron chi connectivity index (χ0n) is 10.9. The maximum absolute atomic E-state index is 5.60. The van der Waals surface area contributed by atoms with Crippen molar-refractivity contribution in [2.75, 3.05) is 5.32 Å². The average Bonchev–Trinajstić information content (AvgIpc) is 2.83. The molecule has 0 radical (unpaired) electrons. The minimum absolute atomic E-state index is 0.291. The lowest BCUT2D eigenvalue weighted by Crippen LogP contribution is -2.14. The van der Waals surface area contributed by atoms with E-state index in [2.05, 4.69) is 33.7 Å². The van der Waals surface area contributed by atoms with Gasteiger partial charge in [-0.1, -0.05) is 19.1 Å². The highest BCUT2D eigenvalue weighted by Crippen LogP contribution is 2.18. The fraction of sp³-hybridized carbons (Fsp3) is 0.308. The quantitative estimate of drug-likeness (QED) is 0.830. The van der Waals surface area contributed by atoms with Crippen molar-refractivity contribution < 1.29 is 0 Å². The molecule has 0 aromatic carbocycles. The molecule has 0 aliphatic carbocycles. The van der Waals surface area contributed by atoms with Crippen LogP contribution in [-0.4, -0.2) is 15.0 Å². The maximum Gasteiger partial charge on any atom is 0.223 e. The molecule has 0 saturated heterocycles. The van der Waals surface area contributed by atoms with Gasteiger partial charge in [0.05, 0.1) is 6.54 Å². The molecule has 2 rings (SSSR count). The Morgan fingerprint density at radius 2 is 2.26 bits per heavy atom. The van der Waals surface area contributed by atoms with Gasteiger partial charge in [0.2, 0.25) is 5.95 Å². The van der Waals surface area contributed by atoms with Crippen LogP contribution in [0.4, 0.5) is 5.95 Å². The van der Waals surface area contributed by atoms with Gasteiger partial charge in [-0.2, -0.15) is 0 Å². The van der Waals surface area contributed by atoms with Gasteiger partial charge >= 0.3 is 0 Å². The number of aryl methyl sites for hydroxylation is 2. The van der Waals surface area contributed by atoms with Gasteiger partial charge in [0, 0.05) is 10.6 Å². The Balaban J connectivity index is 2.13. The Labute approximate surface area is 122 Å². The van der Waals surface area contributed by atoms with Crippen LogP contribution in [0.5, 0.6) is 0 Å². The van der Waals surface area contributed by atoms with Crippen molar-refractivity contribution in [3.63, 3.8) is 0 Å². The second-order valence-electron chi connectivity index (χ2n) is 4.16. The molecule has 100 valence electrons. The first-order chi connectivity index (χ1) is 9.10. The first-order valence-corrected chi connectivity index (χ1v) is 7.33. The van der Waals surface area contributed by atoms with Crippen LogP contribution in [0.3, 0.4) is 0 Å². The van der Waals surface area contributed by atoms with Crippen molar-refractivity contribution in [2.45, 2.75) is 26.8 Å². The zero-order valence-corrected chi connectivity index (χ0v) is 12.6. The first kappa shape index (κ1) is 13.9. The molecule has 2 heterocycles. The van der Waals surface area contributed by atoms with Gasteiger partial charge in [0.1, 0.15) is 10.7 Å². The van der Waals surface area contributed by atoms with Crippen molar-refractivity contribution in [3.8, 4) is 0 Å². The molecule has 0 saturated carbocycles. The average molecular weight is 292 g/mol. The summed E-state index contributed by atoms with van der Waals surface area (Å²) in [5, 5.41) is 5.34. The summed E-state index contributed by atoms with van der Waals surface area (Å²) in [6, 6.07) is 3.94. The van der Waals surface area contributed by atoms with Gasteiger partial charge in [-0.3, -0.25) is 0 Å². The molecule has 19 heavy (non-hydrogen) atoms. The van der Waals surface area contributed by atoms with Gasteiger partial charge in [0.25, 0.3) is 0 Å². The number of hydrogen-bond acceptors (Lipinski definition) is 5. The summed E-state index contributed by atoms with van der Waals surface area (Å²) in [7, 11) is 0. The number of anilines is 1. The number of nitrogens with zero attached hydrogens (tertiary/aromatic N) is 2. The highest BCUT2D eigenvalue weighted by atomic mass is 32.1. The summed E-state index contributed by atoms with van der Waals surface area (Å²) < 4.78 is 0. The van der Waals surface area contributed by atoms with E-state index in [0.717, 1.165) is 18.7 Å². The normalized spacial score (nSPS) is 10.4. The second kappa shape index (κ2) is 6.08. The van der Waals surface area contributed by atoms with E-state index in [1.807, 2.05) is 6.92 Å². The van der Waals surface area contributed by atoms with Crippen molar-refractivity contribution in [1.29, 1.82) is 0 Å². The number of thiocarbonyl (C=S) groups is 1. The Bertz CT molecular complexity index is 592. The number of aromatic nitrogens is 2. The lowest BCUT2D eigenvalue weighted by molar-refractivity contribution is 1.01. The molecule has 0 fully saturated rings. The third kappa shape index (κ3) is 3.48. The summed E-state index contributed by atoms with van der Waals surface area (Å²) in [6.07, 6.45) is 1.04. The van der Waals surface area contributed by atoms with Crippen molar-refractivity contribution in [3.05, 3.63) is 39.3 Å². The second-order valence-corrected chi connectivity index (χ2v) is 5.60. The fourth-order valence-corrected chi connectivity index (χ4v) is 2.79. The van der Waals surface area contributed by atoms with Crippen molar-refractivity contribution >= 4 is 34.5 Å². The Hall–Kier alpha value is -1.53. The van der Waals surface area contributed by atoms with Crippen LogP contribution in [0, 0.1) is 6.92 Å². The van der Waals surface area contributed by atoms with Gasteiger partial charge in [-0.15, -0.1) is 11.3 Å². The Kier molecular flexibility index (Phi) is 4.44. The number of thiophene rings is 1. The molecular formula is C13H16N4S2. The van der Waals surface area contributed by atoms with E-state index in [9.17, 15) is 0 Å². The van der Waals surface area contributed by atoms with Crippen LogP contribution in [0.1, 0.15) is 28.8 Å². The van der Waals surface area contributed by atoms with Crippen LogP contribution >= 0.6 is 23.6 Å². The van der Waals surface area contributed by atoms with Crippen LogP contribution < -0.4 is 11.1 Å². The molecule has 0 bridgehead atoms. The number of nitrogens with one attached hydrogen (secondary N) is 1. The molecule has 6 heteroatoms. The van der Waals surface area contributed by atoms with Gasteiger partial charge in [-0.25, -0.2) is 9.97 Å². The number of hydrogen-bond donors (Lipinski definition) is 2. The summed E-state index contributed by atoms with van der Waals surface area (Å²) in [4.78, 5) is 10.2.